The SMILES string of the molecule is Cc1cc(-c2cc(C(N)=O)c(NC(N)=O)s2)ccc1CN[C@@H](CC(C)C)C(=O)OC1CCCC1. The molecular formula is C25H34N4O4S. The number of rotatable bonds is 10. The summed E-state index contributed by atoms with van der Waals surface area (Å²) in [6, 6.07) is 6.51. The molecule has 0 spiro atoms. The van der Waals surface area contributed by atoms with E-state index in [0.717, 1.165) is 47.3 Å². The van der Waals surface area contributed by atoms with E-state index >= 15 is 0 Å². The lowest BCUT2D eigenvalue weighted by atomic mass is 10.0. The van der Waals surface area contributed by atoms with E-state index in [4.69, 9.17) is 16.2 Å². The number of nitrogens with one attached hydrogen (secondary N) is 2. The van der Waals surface area contributed by atoms with Gasteiger partial charge < -0.3 is 21.5 Å². The molecule has 1 aliphatic rings. The predicted molar refractivity (Wildman–Crippen MR) is 135 cm³/mol. The molecule has 1 aliphatic carbocycles. The van der Waals surface area contributed by atoms with Gasteiger partial charge in [0.15, 0.2) is 0 Å². The highest BCUT2D eigenvalue weighted by Crippen LogP contribution is 2.36. The maximum Gasteiger partial charge on any atom is 0.323 e. The molecule has 8 nitrogen and oxygen atoms in total. The monoisotopic (exact) mass is 486 g/mol. The molecule has 1 aromatic heterocycles. The predicted octanol–water partition coefficient (Wildman–Crippen LogP) is 4.30. The van der Waals surface area contributed by atoms with Gasteiger partial charge in [-0.3, -0.25) is 14.9 Å². The number of nitrogens with two attached hydrogens (primary N) is 2. The molecule has 184 valence electrons. The number of ether oxygens (including phenoxy) is 1. The minimum Gasteiger partial charge on any atom is -0.461 e. The lowest BCUT2D eigenvalue weighted by molar-refractivity contribution is -0.151. The van der Waals surface area contributed by atoms with Gasteiger partial charge in [-0.05, 0) is 67.7 Å². The van der Waals surface area contributed by atoms with Crippen molar-refractivity contribution in [1.82, 2.24) is 5.32 Å². The van der Waals surface area contributed by atoms with Crippen LogP contribution in [0.25, 0.3) is 10.4 Å². The minimum absolute atomic E-state index is 0.0509. The Morgan fingerprint density at radius 2 is 1.85 bits per heavy atom. The highest BCUT2D eigenvalue weighted by Gasteiger charge is 2.26. The maximum absolute atomic E-state index is 12.8. The van der Waals surface area contributed by atoms with Crippen LogP contribution in [0.5, 0.6) is 0 Å². The largest absolute Gasteiger partial charge is 0.461 e. The molecule has 0 aliphatic heterocycles. The van der Waals surface area contributed by atoms with Crippen molar-refractivity contribution in [2.24, 2.45) is 17.4 Å². The van der Waals surface area contributed by atoms with Crippen LogP contribution in [0, 0.1) is 12.8 Å². The summed E-state index contributed by atoms with van der Waals surface area (Å²) in [5, 5.41) is 6.18. The third-order valence-electron chi connectivity index (χ3n) is 5.98. The first-order valence-corrected chi connectivity index (χ1v) is 12.5. The van der Waals surface area contributed by atoms with Gasteiger partial charge in [0.25, 0.3) is 5.91 Å². The number of hydrogen-bond donors (Lipinski definition) is 4. The van der Waals surface area contributed by atoms with Crippen molar-refractivity contribution in [3.05, 3.63) is 41.0 Å². The van der Waals surface area contributed by atoms with Crippen LogP contribution in [0.4, 0.5) is 9.80 Å². The van der Waals surface area contributed by atoms with Gasteiger partial charge in [0.2, 0.25) is 0 Å². The number of esters is 1. The van der Waals surface area contributed by atoms with Crippen LogP contribution >= 0.6 is 11.3 Å². The van der Waals surface area contributed by atoms with Crippen LogP contribution in [0.3, 0.4) is 0 Å². The highest BCUT2D eigenvalue weighted by atomic mass is 32.1. The topological polar surface area (TPSA) is 137 Å². The number of carbonyl (C=O) groups is 3. The van der Waals surface area contributed by atoms with Crippen LogP contribution < -0.4 is 22.1 Å². The van der Waals surface area contributed by atoms with E-state index in [1.54, 1.807) is 6.07 Å². The Kier molecular flexibility index (Phi) is 8.68. The Morgan fingerprint density at radius 3 is 2.44 bits per heavy atom. The second kappa shape index (κ2) is 11.5. The molecule has 1 saturated carbocycles. The smallest absolute Gasteiger partial charge is 0.323 e. The Labute approximate surface area is 204 Å². The fraction of sp³-hybridized carbons (Fsp3) is 0.480. The molecule has 1 atom stereocenters. The minimum atomic E-state index is -0.754. The van der Waals surface area contributed by atoms with Gasteiger partial charge >= 0.3 is 12.0 Å². The molecule has 3 amide bonds. The van der Waals surface area contributed by atoms with Crippen LogP contribution in [0.1, 0.15) is 67.4 Å². The molecule has 1 fully saturated rings. The molecule has 1 heterocycles. The lowest BCUT2D eigenvalue weighted by Gasteiger charge is -2.22. The van der Waals surface area contributed by atoms with Gasteiger partial charge in [-0.1, -0.05) is 32.0 Å². The highest BCUT2D eigenvalue weighted by molar-refractivity contribution is 7.20. The van der Waals surface area contributed by atoms with Crippen molar-refractivity contribution in [1.29, 1.82) is 0 Å². The van der Waals surface area contributed by atoms with Crippen molar-refractivity contribution >= 4 is 34.2 Å². The Bertz CT molecular complexity index is 1040. The van der Waals surface area contributed by atoms with Crippen molar-refractivity contribution < 1.29 is 19.1 Å². The maximum atomic E-state index is 12.8. The summed E-state index contributed by atoms with van der Waals surface area (Å²) in [5.41, 5.74) is 13.9. The second-order valence-electron chi connectivity index (χ2n) is 9.25. The lowest BCUT2D eigenvalue weighted by Crippen LogP contribution is -2.40. The Hall–Kier alpha value is -2.91. The van der Waals surface area contributed by atoms with E-state index in [0.29, 0.717) is 23.9 Å². The van der Waals surface area contributed by atoms with Crippen LogP contribution in [-0.2, 0) is 16.1 Å². The molecule has 3 rings (SSSR count). The molecule has 0 saturated heterocycles. The summed E-state index contributed by atoms with van der Waals surface area (Å²) in [7, 11) is 0. The number of primary amides is 2. The summed E-state index contributed by atoms with van der Waals surface area (Å²) < 4.78 is 5.75. The zero-order valence-corrected chi connectivity index (χ0v) is 20.8. The number of thiophene rings is 1. The van der Waals surface area contributed by atoms with Crippen molar-refractivity contribution in [3.8, 4) is 10.4 Å². The normalized spacial score (nSPS) is 14.8. The van der Waals surface area contributed by atoms with Crippen LogP contribution in [-0.4, -0.2) is 30.1 Å². The number of aryl methyl sites for hydroxylation is 1. The average Bonchev–Trinajstić information content (AvgIpc) is 3.41. The number of carbonyl (C=O) groups excluding carboxylic acids is 3. The zero-order valence-electron chi connectivity index (χ0n) is 20.0. The second-order valence-corrected chi connectivity index (χ2v) is 10.3. The number of anilines is 1. The number of hydrogen-bond acceptors (Lipinski definition) is 6. The molecule has 6 N–H and O–H groups in total. The molecule has 2 aromatic rings. The van der Waals surface area contributed by atoms with Crippen LogP contribution in [0.15, 0.2) is 24.3 Å². The fourth-order valence-corrected chi connectivity index (χ4v) is 5.25. The van der Waals surface area contributed by atoms with Crippen molar-refractivity contribution in [2.75, 3.05) is 5.32 Å². The summed E-state index contributed by atoms with van der Waals surface area (Å²) in [4.78, 5) is 36.6. The van der Waals surface area contributed by atoms with Gasteiger partial charge in [0.1, 0.15) is 17.1 Å². The molecular weight excluding hydrogens is 452 g/mol. The fourth-order valence-electron chi connectivity index (χ4n) is 4.19. The standard InChI is InChI=1S/C25H34N4O4S/c1-14(2)10-20(24(31)33-18-6-4-5-7-18)28-13-17-9-8-16(11-15(17)3)21-12-19(22(26)30)23(34-21)29-25(27)32/h8-9,11-12,14,18,20,28H,4-7,10,13H2,1-3H3,(H2,26,30)(H3,27,29,32)/t20-/m0/s1. The van der Waals surface area contributed by atoms with E-state index in [1.807, 2.05) is 25.1 Å². The first kappa shape index (κ1) is 25.7. The van der Waals surface area contributed by atoms with E-state index in [1.165, 1.54) is 11.3 Å². The van der Waals surface area contributed by atoms with Crippen molar-refractivity contribution in [3.63, 3.8) is 0 Å². The number of urea groups is 1. The molecule has 9 heteroatoms. The van der Waals surface area contributed by atoms with E-state index in [-0.39, 0.29) is 23.7 Å². The van der Waals surface area contributed by atoms with Gasteiger partial charge in [-0.25, -0.2) is 4.79 Å². The summed E-state index contributed by atoms with van der Waals surface area (Å²) >= 11 is 1.24. The number of amides is 3. The third-order valence-corrected chi connectivity index (χ3v) is 7.08. The molecule has 34 heavy (non-hydrogen) atoms. The van der Waals surface area contributed by atoms with E-state index in [2.05, 4.69) is 24.5 Å². The molecule has 0 unspecified atom stereocenters. The van der Waals surface area contributed by atoms with Gasteiger partial charge in [0.05, 0.1) is 5.56 Å². The average molecular weight is 487 g/mol. The Morgan fingerprint density at radius 1 is 1.15 bits per heavy atom. The molecule has 0 radical (unpaired) electrons. The van der Waals surface area contributed by atoms with Crippen molar-refractivity contribution in [2.45, 2.75) is 71.6 Å². The van der Waals surface area contributed by atoms with Gasteiger partial charge in [-0.2, -0.15) is 0 Å². The third kappa shape index (κ3) is 6.80. The molecule has 1 aromatic carbocycles. The summed E-state index contributed by atoms with van der Waals surface area (Å²) in [5.74, 6) is -0.440. The van der Waals surface area contributed by atoms with Gasteiger partial charge in [-0.15, -0.1) is 11.3 Å². The first-order valence-electron chi connectivity index (χ1n) is 11.7. The summed E-state index contributed by atoms with van der Waals surface area (Å²) in [6.45, 7) is 6.73. The van der Waals surface area contributed by atoms with E-state index < -0.39 is 11.9 Å². The first-order chi connectivity index (χ1) is 16.1. The summed E-state index contributed by atoms with van der Waals surface area (Å²) in [6.07, 6.45) is 4.92. The number of benzene rings is 1. The van der Waals surface area contributed by atoms with Gasteiger partial charge in [0, 0.05) is 11.4 Å². The Balaban J connectivity index is 1.72. The van der Waals surface area contributed by atoms with E-state index in [9.17, 15) is 14.4 Å². The van der Waals surface area contributed by atoms with Crippen LogP contribution in [0.2, 0.25) is 0 Å². The quantitative estimate of drug-likeness (QED) is 0.371. The molecule has 0 bridgehead atoms. The zero-order chi connectivity index (χ0) is 24.8.